The molecule has 0 saturated carbocycles. The monoisotopic (exact) mass is 237 g/mol. The summed E-state index contributed by atoms with van der Waals surface area (Å²) in [6.45, 7) is 0. The number of aromatic nitrogens is 2. The quantitative estimate of drug-likeness (QED) is 0.873. The molecule has 2 rings (SSSR count). The van der Waals surface area contributed by atoms with Crippen LogP contribution in [0.5, 0.6) is 0 Å². The lowest BCUT2D eigenvalue weighted by molar-refractivity contribution is 0.628. The van der Waals surface area contributed by atoms with Crippen molar-refractivity contribution in [3.05, 3.63) is 41.3 Å². The van der Waals surface area contributed by atoms with Crippen LogP contribution in [-0.2, 0) is 0 Å². The molecule has 5 heteroatoms. The highest BCUT2D eigenvalue weighted by molar-refractivity contribution is 6.33. The van der Waals surface area contributed by atoms with Gasteiger partial charge in [0.25, 0.3) is 0 Å². The summed E-state index contributed by atoms with van der Waals surface area (Å²) in [6, 6.07) is 5.93. The van der Waals surface area contributed by atoms with Crippen LogP contribution >= 0.6 is 11.6 Å². The van der Waals surface area contributed by atoms with E-state index in [2.05, 4.69) is 15.3 Å². The van der Waals surface area contributed by atoms with E-state index in [1.54, 1.807) is 25.4 Å². The van der Waals surface area contributed by atoms with Crippen molar-refractivity contribution in [2.45, 2.75) is 0 Å². The second-order valence-electron chi connectivity index (χ2n) is 3.14. The normalized spacial score (nSPS) is 10.2. The van der Waals surface area contributed by atoms with Crippen LogP contribution < -0.4 is 5.32 Å². The first kappa shape index (κ1) is 10.8. The van der Waals surface area contributed by atoms with E-state index >= 15 is 0 Å². The highest BCUT2D eigenvalue weighted by atomic mass is 35.5. The van der Waals surface area contributed by atoms with Gasteiger partial charge in [0, 0.05) is 18.8 Å². The van der Waals surface area contributed by atoms with Crippen molar-refractivity contribution in [1.29, 1.82) is 0 Å². The van der Waals surface area contributed by atoms with Gasteiger partial charge in [-0.1, -0.05) is 11.6 Å². The summed E-state index contributed by atoms with van der Waals surface area (Å²) in [4.78, 5) is 8.21. The van der Waals surface area contributed by atoms with E-state index < -0.39 is 0 Å². The Morgan fingerprint density at radius 2 is 2.12 bits per heavy atom. The first-order valence-corrected chi connectivity index (χ1v) is 5.04. The highest BCUT2D eigenvalue weighted by Gasteiger charge is 2.06. The van der Waals surface area contributed by atoms with Crippen molar-refractivity contribution in [2.24, 2.45) is 0 Å². The third kappa shape index (κ3) is 2.12. The highest BCUT2D eigenvalue weighted by Crippen LogP contribution is 2.27. The molecule has 0 amide bonds. The molecule has 3 nitrogen and oxygen atoms in total. The minimum Gasteiger partial charge on any atom is -0.357 e. The zero-order valence-corrected chi connectivity index (χ0v) is 9.29. The molecule has 1 aromatic heterocycles. The Balaban J connectivity index is 2.49. The third-order valence-corrected chi connectivity index (χ3v) is 2.40. The van der Waals surface area contributed by atoms with E-state index in [-0.39, 0.29) is 5.82 Å². The molecule has 0 atom stereocenters. The first-order valence-electron chi connectivity index (χ1n) is 4.67. The Hall–Kier alpha value is -1.68. The third-order valence-electron chi connectivity index (χ3n) is 2.09. The van der Waals surface area contributed by atoms with Crippen LogP contribution in [0.15, 0.2) is 30.5 Å². The molecule has 0 saturated heterocycles. The van der Waals surface area contributed by atoms with Gasteiger partial charge in [-0.25, -0.2) is 14.4 Å². The van der Waals surface area contributed by atoms with Gasteiger partial charge in [-0.3, -0.25) is 0 Å². The minimum atomic E-state index is -0.364. The lowest BCUT2D eigenvalue weighted by Crippen LogP contribution is -1.96. The zero-order chi connectivity index (χ0) is 11.5. The Kier molecular flexibility index (Phi) is 3.01. The molecular weight excluding hydrogens is 229 g/mol. The molecule has 0 spiro atoms. The van der Waals surface area contributed by atoms with Gasteiger partial charge in [-0.15, -0.1) is 0 Å². The molecule has 0 unspecified atom stereocenters. The van der Waals surface area contributed by atoms with Crippen molar-refractivity contribution < 1.29 is 4.39 Å². The number of hydrogen-bond donors (Lipinski definition) is 1. The van der Waals surface area contributed by atoms with Crippen molar-refractivity contribution in [3.8, 4) is 11.3 Å². The summed E-state index contributed by atoms with van der Waals surface area (Å²) in [6.07, 6.45) is 1.62. The van der Waals surface area contributed by atoms with Gasteiger partial charge in [0.05, 0.1) is 10.7 Å². The predicted octanol–water partition coefficient (Wildman–Crippen LogP) is 2.98. The average Bonchev–Trinajstić information content (AvgIpc) is 2.29. The maximum absolute atomic E-state index is 12.9. The number of nitrogens with one attached hydrogen (secondary N) is 1. The number of nitrogens with zero attached hydrogens (tertiary/aromatic N) is 2. The van der Waals surface area contributed by atoms with Gasteiger partial charge >= 0.3 is 0 Å². The van der Waals surface area contributed by atoms with E-state index in [4.69, 9.17) is 11.6 Å². The van der Waals surface area contributed by atoms with Crippen molar-refractivity contribution in [3.63, 3.8) is 0 Å². The van der Waals surface area contributed by atoms with Gasteiger partial charge in [-0.05, 0) is 24.3 Å². The van der Waals surface area contributed by atoms with E-state index in [0.29, 0.717) is 22.2 Å². The van der Waals surface area contributed by atoms with Crippen LogP contribution in [0.4, 0.5) is 10.3 Å². The average molecular weight is 238 g/mol. The topological polar surface area (TPSA) is 37.8 Å². The molecule has 0 bridgehead atoms. The summed E-state index contributed by atoms with van der Waals surface area (Å²) in [5.41, 5.74) is 1.34. The molecule has 0 radical (unpaired) electrons. The largest absolute Gasteiger partial charge is 0.357 e. The van der Waals surface area contributed by atoms with Gasteiger partial charge in [0.15, 0.2) is 0 Å². The fourth-order valence-electron chi connectivity index (χ4n) is 1.33. The number of rotatable bonds is 2. The van der Waals surface area contributed by atoms with Crippen LogP contribution in [0.1, 0.15) is 0 Å². The van der Waals surface area contributed by atoms with Crippen LogP contribution in [0.3, 0.4) is 0 Å². The molecule has 0 aliphatic carbocycles. The van der Waals surface area contributed by atoms with Gasteiger partial charge in [0.2, 0.25) is 5.95 Å². The molecule has 1 N–H and O–H groups in total. The Morgan fingerprint density at radius 3 is 2.81 bits per heavy atom. The first-order chi connectivity index (χ1) is 7.70. The fraction of sp³-hybridized carbons (Fsp3) is 0.0909. The summed E-state index contributed by atoms with van der Waals surface area (Å²) < 4.78 is 12.9. The molecule has 0 fully saturated rings. The van der Waals surface area contributed by atoms with Crippen molar-refractivity contribution in [2.75, 3.05) is 12.4 Å². The molecular formula is C11H9ClFN3. The Morgan fingerprint density at radius 1 is 1.31 bits per heavy atom. The SMILES string of the molecule is CNc1nccc(-c2ccc(F)cc2Cl)n1. The molecule has 2 aromatic rings. The summed E-state index contributed by atoms with van der Waals surface area (Å²) in [7, 11) is 1.73. The molecule has 0 aliphatic rings. The smallest absolute Gasteiger partial charge is 0.222 e. The maximum atomic E-state index is 12.9. The van der Waals surface area contributed by atoms with Crippen LogP contribution in [-0.4, -0.2) is 17.0 Å². The van der Waals surface area contributed by atoms with Crippen LogP contribution in [0.25, 0.3) is 11.3 Å². The Bertz CT molecular complexity index is 516. The molecule has 1 heterocycles. The van der Waals surface area contributed by atoms with Gasteiger partial charge in [0.1, 0.15) is 5.82 Å². The summed E-state index contributed by atoms with van der Waals surface area (Å²) in [5.74, 6) is 0.134. The number of anilines is 1. The molecule has 82 valence electrons. The fourth-order valence-corrected chi connectivity index (χ4v) is 1.59. The summed E-state index contributed by atoms with van der Waals surface area (Å²) >= 11 is 5.94. The number of halogens is 2. The summed E-state index contributed by atoms with van der Waals surface area (Å²) in [5, 5.41) is 3.16. The molecule has 16 heavy (non-hydrogen) atoms. The molecule has 0 aliphatic heterocycles. The number of hydrogen-bond acceptors (Lipinski definition) is 3. The standard InChI is InChI=1S/C11H9ClFN3/c1-14-11-15-5-4-10(16-11)8-3-2-7(13)6-9(8)12/h2-6H,1H3,(H,14,15,16). The van der Waals surface area contributed by atoms with E-state index in [1.165, 1.54) is 12.1 Å². The van der Waals surface area contributed by atoms with E-state index in [0.717, 1.165) is 0 Å². The van der Waals surface area contributed by atoms with E-state index in [9.17, 15) is 4.39 Å². The van der Waals surface area contributed by atoms with Crippen molar-refractivity contribution >= 4 is 17.5 Å². The van der Waals surface area contributed by atoms with Gasteiger partial charge in [-0.2, -0.15) is 0 Å². The van der Waals surface area contributed by atoms with Crippen LogP contribution in [0, 0.1) is 5.82 Å². The van der Waals surface area contributed by atoms with Crippen LogP contribution in [0.2, 0.25) is 5.02 Å². The lowest BCUT2D eigenvalue weighted by Gasteiger charge is -2.05. The second-order valence-corrected chi connectivity index (χ2v) is 3.55. The Labute approximate surface area is 97.3 Å². The molecule has 1 aromatic carbocycles. The van der Waals surface area contributed by atoms with E-state index in [1.807, 2.05) is 0 Å². The predicted molar refractivity (Wildman–Crippen MR) is 62.0 cm³/mol. The second kappa shape index (κ2) is 4.45. The number of benzene rings is 1. The maximum Gasteiger partial charge on any atom is 0.222 e. The van der Waals surface area contributed by atoms with Gasteiger partial charge < -0.3 is 5.32 Å². The minimum absolute atomic E-state index is 0.334. The van der Waals surface area contributed by atoms with Crippen molar-refractivity contribution in [1.82, 2.24) is 9.97 Å². The zero-order valence-electron chi connectivity index (χ0n) is 8.54. The lowest BCUT2D eigenvalue weighted by atomic mass is 10.1.